The number of aromatic hydroxyl groups is 1. The molecule has 1 amide bonds. The standard InChI is InChI=1S/C25H37NO4/c1-6-7-8-9-17-15-20-22(23(27)21(17)24(28)26-12-13-29-5)18-14-16(2)10-11-19(18)25(3,4)30-20/h14-15,18-19,27H,6-13H2,1-5H3,(H,26,28)/t18-,19-/m1/s1. The first kappa shape index (κ1) is 22.7. The lowest BCUT2D eigenvalue weighted by Crippen LogP contribution is -2.45. The molecular formula is C25H37NO4. The summed E-state index contributed by atoms with van der Waals surface area (Å²) in [6, 6.07) is 2.01. The Morgan fingerprint density at radius 1 is 1.37 bits per heavy atom. The molecule has 0 saturated heterocycles. The van der Waals surface area contributed by atoms with E-state index in [1.807, 2.05) is 6.07 Å². The Morgan fingerprint density at radius 3 is 2.83 bits per heavy atom. The largest absolute Gasteiger partial charge is 0.507 e. The number of allylic oxidation sites excluding steroid dienone is 2. The van der Waals surface area contributed by atoms with Crippen LogP contribution in [-0.2, 0) is 11.2 Å². The van der Waals surface area contributed by atoms with Gasteiger partial charge in [0.1, 0.15) is 17.1 Å². The molecule has 2 N–H and O–H groups in total. The molecule has 0 saturated carbocycles. The molecule has 5 nitrogen and oxygen atoms in total. The molecule has 2 aliphatic rings. The minimum atomic E-state index is -0.315. The monoisotopic (exact) mass is 415 g/mol. The smallest absolute Gasteiger partial charge is 0.255 e. The Balaban J connectivity index is 2.09. The summed E-state index contributed by atoms with van der Waals surface area (Å²) in [5.41, 5.74) is 3.05. The van der Waals surface area contributed by atoms with Crippen LogP contribution in [0.2, 0.25) is 0 Å². The topological polar surface area (TPSA) is 67.8 Å². The van der Waals surface area contributed by atoms with Gasteiger partial charge in [-0.3, -0.25) is 4.79 Å². The van der Waals surface area contributed by atoms with Gasteiger partial charge in [0.2, 0.25) is 0 Å². The fourth-order valence-corrected chi connectivity index (χ4v) is 4.98. The molecule has 0 aromatic heterocycles. The van der Waals surface area contributed by atoms with Crippen molar-refractivity contribution in [1.29, 1.82) is 0 Å². The highest BCUT2D eigenvalue weighted by Crippen LogP contribution is 2.54. The maximum absolute atomic E-state index is 13.0. The minimum Gasteiger partial charge on any atom is -0.507 e. The summed E-state index contributed by atoms with van der Waals surface area (Å²) in [5.74, 6) is 0.911. The fraction of sp³-hybridized carbons (Fsp3) is 0.640. The molecule has 2 atom stereocenters. The van der Waals surface area contributed by atoms with E-state index in [1.165, 1.54) is 5.57 Å². The van der Waals surface area contributed by atoms with E-state index in [0.29, 0.717) is 18.7 Å². The van der Waals surface area contributed by atoms with E-state index in [0.717, 1.165) is 55.4 Å². The van der Waals surface area contributed by atoms with Gasteiger partial charge in [-0.05, 0) is 58.1 Å². The lowest BCUT2D eigenvalue weighted by molar-refractivity contribution is 0.0107. The van der Waals surface area contributed by atoms with Crippen molar-refractivity contribution in [3.8, 4) is 11.5 Å². The lowest BCUT2D eigenvalue weighted by Gasteiger charge is -2.46. The van der Waals surface area contributed by atoms with Crippen LogP contribution < -0.4 is 10.1 Å². The number of unbranched alkanes of at least 4 members (excludes halogenated alkanes) is 2. The summed E-state index contributed by atoms with van der Waals surface area (Å²) in [7, 11) is 1.61. The molecule has 0 unspecified atom stereocenters. The van der Waals surface area contributed by atoms with Crippen LogP contribution >= 0.6 is 0 Å². The summed E-state index contributed by atoms with van der Waals surface area (Å²) in [5, 5.41) is 14.3. The summed E-state index contributed by atoms with van der Waals surface area (Å²) in [4.78, 5) is 13.0. The second kappa shape index (κ2) is 9.42. The van der Waals surface area contributed by atoms with Gasteiger partial charge in [-0.25, -0.2) is 0 Å². The van der Waals surface area contributed by atoms with Crippen LogP contribution in [0.25, 0.3) is 0 Å². The Hall–Kier alpha value is -2.01. The first-order valence-corrected chi connectivity index (χ1v) is 11.3. The molecule has 30 heavy (non-hydrogen) atoms. The van der Waals surface area contributed by atoms with Crippen LogP contribution in [0.1, 0.15) is 87.2 Å². The van der Waals surface area contributed by atoms with Gasteiger partial charge in [0.15, 0.2) is 0 Å². The Labute approximate surface area is 180 Å². The zero-order valence-corrected chi connectivity index (χ0v) is 19.1. The number of phenols is 1. The summed E-state index contributed by atoms with van der Waals surface area (Å²) < 4.78 is 11.5. The molecule has 0 radical (unpaired) electrons. The molecule has 0 spiro atoms. The second-order valence-corrected chi connectivity index (χ2v) is 9.27. The Bertz CT molecular complexity index is 812. The lowest BCUT2D eigenvalue weighted by atomic mass is 9.67. The number of amides is 1. The van der Waals surface area contributed by atoms with Gasteiger partial charge >= 0.3 is 0 Å². The fourth-order valence-electron chi connectivity index (χ4n) is 4.98. The number of nitrogens with one attached hydrogen (secondary N) is 1. The van der Waals surface area contributed by atoms with Gasteiger partial charge in [-0.15, -0.1) is 0 Å². The van der Waals surface area contributed by atoms with Crippen molar-refractivity contribution < 1.29 is 19.4 Å². The number of fused-ring (bicyclic) bond motifs is 3. The number of ether oxygens (including phenoxy) is 2. The number of aryl methyl sites for hydroxylation is 1. The molecule has 1 aromatic carbocycles. The van der Waals surface area contributed by atoms with Crippen LogP contribution in [0.4, 0.5) is 0 Å². The molecule has 5 heteroatoms. The van der Waals surface area contributed by atoms with Gasteiger partial charge in [0, 0.05) is 31.1 Å². The van der Waals surface area contributed by atoms with Gasteiger partial charge in [0.25, 0.3) is 5.91 Å². The first-order chi connectivity index (χ1) is 14.3. The van der Waals surface area contributed by atoms with E-state index in [-0.39, 0.29) is 29.1 Å². The number of benzene rings is 1. The summed E-state index contributed by atoms with van der Waals surface area (Å²) in [6.45, 7) is 9.43. The molecule has 3 rings (SSSR count). The zero-order chi connectivity index (χ0) is 21.9. The average molecular weight is 416 g/mol. The van der Waals surface area contributed by atoms with Crippen molar-refractivity contribution in [1.82, 2.24) is 5.32 Å². The number of carbonyl (C=O) groups is 1. The molecular weight excluding hydrogens is 378 g/mol. The highest BCUT2D eigenvalue weighted by molar-refractivity contribution is 5.99. The van der Waals surface area contributed by atoms with E-state index in [1.54, 1.807) is 7.11 Å². The number of carbonyl (C=O) groups excluding carboxylic acids is 1. The van der Waals surface area contributed by atoms with E-state index >= 15 is 0 Å². The van der Waals surface area contributed by atoms with Crippen LogP contribution in [0.15, 0.2) is 17.7 Å². The average Bonchev–Trinajstić information content (AvgIpc) is 2.67. The van der Waals surface area contributed by atoms with E-state index < -0.39 is 0 Å². The minimum absolute atomic E-state index is 0.0627. The molecule has 1 aromatic rings. The third-order valence-electron chi connectivity index (χ3n) is 6.60. The second-order valence-electron chi connectivity index (χ2n) is 9.27. The predicted octanol–water partition coefficient (Wildman–Crippen LogP) is 5.11. The summed E-state index contributed by atoms with van der Waals surface area (Å²) in [6.07, 6.45) is 8.23. The van der Waals surface area contributed by atoms with Crippen molar-refractivity contribution >= 4 is 5.91 Å². The number of hydrogen-bond donors (Lipinski definition) is 2. The van der Waals surface area contributed by atoms with E-state index in [9.17, 15) is 9.90 Å². The third kappa shape index (κ3) is 4.51. The maximum Gasteiger partial charge on any atom is 0.255 e. The van der Waals surface area contributed by atoms with Crippen LogP contribution in [0, 0.1) is 5.92 Å². The molecule has 166 valence electrons. The SMILES string of the molecule is CCCCCc1cc2c(c(O)c1C(=O)NCCOC)[C@@H]1C=C(C)CC[C@H]1C(C)(C)O2. The highest BCUT2D eigenvalue weighted by atomic mass is 16.5. The van der Waals surface area contributed by atoms with Crippen molar-refractivity contribution in [3.63, 3.8) is 0 Å². The molecule has 1 aliphatic heterocycles. The van der Waals surface area contributed by atoms with Crippen molar-refractivity contribution in [2.75, 3.05) is 20.3 Å². The van der Waals surface area contributed by atoms with Crippen LogP contribution in [0.5, 0.6) is 11.5 Å². The van der Waals surface area contributed by atoms with Gasteiger partial charge < -0.3 is 19.9 Å². The Kier molecular flexibility index (Phi) is 7.12. The highest BCUT2D eigenvalue weighted by Gasteiger charge is 2.46. The van der Waals surface area contributed by atoms with Gasteiger partial charge in [-0.1, -0.05) is 31.4 Å². The quantitative estimate of drug-likeness (QED) is 0.457. The summed E-state index contributed by atoms with van der Waals surface area (Å²) >= 11 is 0. The van der Waals surface area contributed by atoms with E-state index in [4.69, 9.17) is 9.47 Å². The number of rotatable bonds is 8. The van der Waals surface area contributed by atoms with E-state index in [2.05, 4.69) is 39.1 Å². The van der Waals surface area contributed by atoms with Crippen molar-refractivity contribution in [3.05, 3.63) is 34.4 Å². The molecule has 0 bridgehead atoms. The molecule has 1 heterocycles. The molecule has 0 fully saturated rings. The number of phenolic OH excluding ortho intramolecular Hbond substituents is 1. The predicted molar refractivity (Wildman–Crippen MR) is 119 cm³/mol. The number of hydrogen-bond acceptors (Lipinski definition) is 4. The first-order valence-electron chi connectivity index (χ1n) is 11.3. The zero-order valence-electron chi connectivity index (χ0n) is 19.1. The maximum atomic E-state index is 13.0. The molecule has 1 aliphatic carbocycles. The number of methoxy groups -OCH3 is 1. The van der Waals surface area contributed by atoms with Gasteiger partial charge in [0.05, 0.1) is 12.2 Å². The normalized spacial score (nSPS) is 21.8. The third-order valence-corrected chi connectivity index (χ3v) is 6.60. The van der Waals surface area contributed by atoms with Crippen LogP contribution in [0.3, 0.4) is 0 Å². The van der Waals surface area contributed by atoms with Crippen molar-refractivity contribution in [2.45, 2.75) is 77.7 Å². The Morgan fingerprint density at radius 2 is 2.13 bits per heavy atom. The van der Waals surface area contributed by atoms with Crippen LogP contribution in [-0.4, -0.2) is 36.9 Å². The van der Waals surface area contributed by atoms with Gasteiger partial charge in [-0.2, -0.15) is 0 Å². The van der Waals surface area contributed by atoms with Crippen molar-refractivity contribution in [2.24, 2.45) is 5.92 Å².